The molecular weight excluding hydrogens is 400 g/mol. The van der Waals surface area contributed by atoms with Gasteiger partial charge in [0, 0.05) is 41.6 Å². The van der Waals surface area contributed by atoms with Gasteiger partial charge in [0.25, 0.3) is 5.91 Å². The molecule has 1 aromatic carbocycles. The van der Waals surface area contributed by atoms with E-state index in [1.165, 1.54) is 36.1 Å². The number of nitrogens with zero attached hydrogens (tertiary/aromatic N) is 1. The molecule has 1 aromatic heterocycles. The number of carbonyl (C=O) groups excluding carboxylic acids is 2. The van der Waals surface area contributed by atoms with Crippen LogP contribution in [0, 0.1) is 19.8 Å². The number of hydrogen-bond acceptors (Lipinski definition) is 3. The van der Waals surface area contributed by atoms with Crippen molar-refractivity contribution >= 4 is 29.2 Å². The second kappa shape index (κ2) is 8.58. The maximum Gasteiger partial charge on any atom is 0.256 e. The van der Waals surface area contributed by atoms with Crippen LogP contribution in [0.4, 0.5) is 5.69 Å². The maximum atomic E-state index is 12.8. The highest BCUT2D eigenvalue weighted by Gasteiger charge is 2.28. The van der Waals surface area contributed by atoms with Crippen LogP contribution in [0.5, 0.6) is 0 Å². The number of amides is 2. The Morgan fingerprint density at radius 3 is 2.69 bits per heavy atom. The van der Waals surface area contributed by atoms with Crippen molar-refractivity contribution < 1.29 is 9.59 Å². The van der Waals surface area contributed by atoms with E-state index in [1.807, 2.05) is 18.2 Å². The number of rotatable bonds is 5. The quantitative estimate of drug-likeness (QED) is 0.629. The van der Waals surface area contributed by atoms with Crippen LogP contribution >= 0.6 is 0 Å². The lowest BCUT2D eigenvalue weighted by molar-refractivity contribution is -0.122. The normalized spacial score (nSPS) is 22.3. The monoisotopic (exact) mass is 432 g/mol. The molecule has 2 aromatic rings. The van der Waals surface area contributed by atoms with Gasteiger partial charge in [-0.1, -0.05) is 12.5 Å². The van der Waals surface area contributed by atoms with Crippen LogP contribution in [-0.2, 0) is 22.6 Å². The number of carbonyl (C=O) groups is 2. The highest BCUT2D eigenvalue weighted by molar-refractivity contribution is 6.34. The summed E-state index contributed by atoms with van der Waals surface area (Å²) in [6.07, 6.45) is 7.47. The van der Waals surface area contributed by atoms with Crippen LogP contribution in [0.2, 0.25) is 0 Å². The molecule has 2 fully saturated rings. The van der Waals surface area contributed by atoms with E-state index in [-0.39, 0.29) is 17.7 Å². The second-order valence-electron chi connectivity index (χ2n) is 9.48. The number of aromatic nitrogens is 1. The molecule has 1 unspecified atom stereocenters. The molecule has 2 saturated heterocycles. The molecule has 0 radical (unpaired) electrons. The van der Waals surface area contributed by atoms with Gasteiger partial charge < -0.3 is 15.6 Å². The van der Waals surface area contributed by atoms with Crippen molar-refractivity contribution in [2.75, 3.05) is 25.0 Å². The highest BCUT2D eigenvalue weighted by atomic mass is 16.2. The molecular formula is C26H32N4O2. The lowest BCUT2D eigenvalue weighted by Gasteiger charge is -2.26. The van der Waals surface area contributed by atoms with Gasteiger partial charge in [0.1, 0.15) is 0 Å². The molecule has 6 nitrogen and oxygen atoms in total. The van der Waals surface area contributed by atoms with Crippen LogP contribution in [-0.4, -0.2) is 41.3 Å². The number of H-pyrrole nitrogens is 1. The molecule has 0 saturated carbocycles. The Morgan fingerprint density at radius 1 is 1.12 bits per heavy atom. The largest absolute Gasteiger partial charge is 0.359 e. The molecule has 0 spiro atoms. The number of benzene rings is 1. The minimum atomic E-state index is -0.0695. The number of aryl methyl sites for hydroxylation is 1. The van der Waals surface area contributed by atoms with Gasteiger partial charge in [0.2, 0.25) is 5.91 Å². The van der Waals surface area contributed by atoms with E-state index in [1.54, 1.807) is 0 Å². The average molecular weight is 433 g/mol. The number of hydrogen-bond donors (Lipinski definition) is 3. The first kappa shape index (κ1) is 21.0. The van der Waals surface area contributed by atoms with Crippen molar-refractivity contribution in [1.82, 2.24) is 15.2 Å². The predicted octanol–water partition coefficient (Wildman–Crippen LogP) is 3.79. The predicted molar refractivity (Wildman–Crippen MR) is 127 cm³/mol. The van der Waals surface area contributed by atoms with Crippen LogP contribution in [0.15, 0.2) is 18.2 Å². The van der Waals surface area contributed by atoms with E-state index in [4.69, 9.17) is 0 Å². The summed E-state index contributed by atoms with van der Waals surface area (Å²) in [4.78, 5) is 30.8. The number of anilines is 1. The minimum Gasteiger partial charge on any atom is -0.359 e. The number of nitrogens with one attached hydrogen (secondary N) is 3. The first-order valence-corrected chi connectivity index (χ1v) is 11.8. The van der Waals surface area contributed by atoms with E-state index in [0.29, 0.717) is 12.0 Å². The summed E-state index contributed by atoms with van der Waals surface area (Å²) < 4.78 is 0. The number of likely N-dealkylation sites (tertiary alicyclic amines) is 1. The molecule has 168 valence electrons. The van der Waals surface area contributed by atoms with Gasteiger partial charge in [-0.3, -0.25) is 14.5 Å². The first-order valence-electron chi connectivity index (χ1n) is 11.8. The van der Waals surface area contributed by atoms with E-state index < -0.39 is 0 Å². The summed E-state index contributed by atoms with van der Waals surface area (Å²) in [5.41, 5.74) is 8.31. The Labute approximate surface area is 189 Å². The van der Waals surface area contributed by atoms with Crippen molar-refractivity contribution in [2.24, 2.45) is 5.92 Å². The molecule has 4 heterocycles. The maximum absolute atomic E-state index is 12.8. The highest BCUT2D eigenvalue weighted by Crippen LogP contribution is 2.35. The SMILES string of the molecule is Cc1[nH]c(C=C2C(=O)Nc3ccc(CC4CCNC4=O)cc32)c(C)c1CN1CCCCC1. The standard InChI is InChI=1S/C26H32N4O2/c1-16-22(15-30-10-4-3-5-11-30)17(2)28-24(16)14-21-20-13-18(6-7-23(20)29-26(21)32)12-19-8-9-27-25(19)31/h6-7,13-14,19,28H,3-5,8-12,15H2,1-2H3,(H,27,31)(H,29,32). The third-order valence-corrected chi connectivity index (χ3v) is 7.26. The molecule has 3 N–H and O–H groups in total. The molecule has 6 heteroatoms. The fourth-order valence-electron chi connectivity index (χ4n) is 5.31. The van der Waals surface area contributed by atoms with E-state index >= 15 is 0 Å². The molecule has 5 rings (SSSR count). The molecule has 0 bridgehead atoms. The van der Waals surface area contributed by atoms with Gasteiger partial charge in [0.05, 0.1) is 5.57 Å². The van der Waals surface area contributed by atoms with Crippen molar-refractivity contribution in [3.05, 3.63) is 51.8 Å². The third-order valence-electron chi connectivity index (χ3n) is 7.26. The lowest BCUT2D eigenvalue weighted by Crippen LogP contribution is -2.29. The summed E-state index contributed by atoms with van der Waals surface area (Å²) >= 11 is 0. The zero-order valence-corrected chi connectivity index (χ0v) is 19.0. The third kappa shape index (κ3) is 3.99. The van der Waals surface area contributed by atoms with Crippen molar-refractivity contribution in [3.63, 3.8) is 0 Å². The van der Waals surface area contributed by atoms with Gasteiger partial charge in [0.15, 0.2) is 0 Å². The minimum absolute atomic E-state index is 0.0242. The van der Waals surface area contributed by atoms with Crippen molar-refractivity contribution in [1.29, 1.82) is 0 Å². The Hall–Kier alpha value is -2.86. The van der Waals surface area contributed by atoms with E-state index in [2.05, 4.69) is 40.4 Å². The second-order valence-corrected chi connectivity index (χ2v) is 9.48. The number of fused-ring (bicyclic) bond motifs is 1. The summed E-state index contributed by atoms with van der Waals surface area (Å²) in [5.74, 6) is 0.0883. The fraction of sp³-hybridized carbons (Fsp3) is 0.462. The Bertz CT molecular complexity index is 1090. The Morgan fingerprint density at radius 2 is 1.94 bits per heavy atom. The smallest absolute Gasteiger partial charge is 0.256 e. The van der Waals surface area contributed by atoms with Gasteiger partial charge in [-0.15, -0.1) is 0 Å². The zero-order chi connectivity index (χ0) is 22.2. The number of piperidine rings is 1. The molecule has 3 aliphatic rings. The van der Waals surface area contributed by atoms with Gasteiger partial charge >= 0.3 is 0 Å². The molecule has 0 aliphatic carbocycles. The van der Waals surface area contributed by atoms with Gasteiger partial charge in [-0.05, 0) is 87.5 Å². The fourth-order valence-corrected chi connectivity index (χ4v) is 5.31. The topological polar surface area (TPSA) is 77.2 Å². The van der Waals surface area contributed by atoms with Crippen molar-refractivity contribution in [2.45, 2.75) is 52.5 Å². The van der Waals surface area contributed by atoms with Crippen molar-refractivity contribution in [3.8, 4) is 0 Å². The first-order chi connectivity index (χ1) is 15.5. The van der Waals surface area contributed by atoms with E-state index in [0.717, 1.165) is 55.1 Å². The number of aromatic amines is 1. The Balaban J connectivity index is 1.42. The summed E-state index contributed by atoms with van der Waals surface area (Å²) in [5, 5.41) is 5.90. The van der Waals surface area contributed by atoms with Crippen LogP contribution < -0.4 is 10.6 Å². The van der Waals surface area contributed by atoms with Crippen LogP contribution in [0.3, 0.4) is 0 Å². The molecule has 32 heavy (non-hydrogen) atoms. The summed E-state index contributed by atoms with van der Waals surface area (Å²) in [7, 11) is 0. The van der Waals surface area contributed by atoms with Gasteiger partial charge in [-0.25, -0.2) is 0 Å². The summed E-state index contributed by atoms with van der Waals surface area (Å²) in [6.45, 7) is 8.33. The van der Waals surface area contributed by atoms with E-state index in [9.17, 15) is 9.59 Å². The Kier molecular flexibility index (Phi) is 5.64. The van der Waals surface area contributed by atoms with Crippen LogP contribution in [0.1, 0.15) is 59.3 Å². The molecule has 3 aliphatic heterocycles. The van der Waals surface area contributed by atoms with Crippen LogP contribution in [0.25, 0.3) is 11.6 Å². The lowest BCUT2D eigenvalue weighted by atomic mass is 9.95. The summed E-state index contributed by atoms with van der Waals surface area (Å²) in [6, 6.07) is 6.06. The average Bonchev–Trinajstić information content (AvgIpc) is 3.41. The molecule has 1 atom stereocenters. The van der Waals surface area contributed by atoms with Gasteiger partial charge in [-0.2, -0.15) is 0 Å². The molecule has 2 amide bonds. The zero-order valence-electron chi connectivity index (χ0n) is 19.0.